The molecule has 5 nitrogen and oxygen atoms in total. The first-order valence-electron chi connectivity index (χ1n) is 6.77. The molecule has 0 aliphatic rings. The molecule has 4 N–H and O–H groups in total. The van der Waals surface area contributed by atoms with Crippen LogP contribution < -0.4 is 21.3 Å². The fourth-order valence-electron chi connectivity index (χ4n) is 1.86. The van der Waals surface area contributed by atoms with Crippen LogP contribution in [0.2, 0.25) is 5.02 Å². The average molecular weight is 401 g/mol. The summed E-state index contributed by atoms with van der Waals surface area (Å²) in [6.45, 7) is 2.46. The van der Waals surface area contributed by atoms with Crippen LogP contribution in [-0.4, -0.2) is 13.5 Å². The number of nitrogens with one attached hydrogen (secondary N) is 2. The maximum Gasteiger partial charge on any atom is 0.221 e. The summed E-state index contributed by atoms with van der Waals surface area (Å²) >= 11 is 9.65. The molecule has 2 aromatic rings. The Labute approximate surface area is 149 Å². The lowest BCUT2D eigenvalue weighted by atomic mass is 10.2. The number of hydrazine groups is 1. The van der Waals surface area contributed by atoms with Crippen molar-refractivity contribution in [1.29, 1.82) is 0 Å². The number of hydrogen-bond donors (Lipinski definition) is 3. The molecule has 0 atom stereocenters. The first-order valence-corrected chi connectivity index (χ1v) is 7.94. The smallest absolute Gasteiger partial charge is 0.221 e. The van der Waals surface area contributed by atoms with Crippen molar-refractivity contribution in [3.05, 3.63) is 57.0 Å². The van der Waals surface area contributed by atoms with Gasteiger partial charge in [0, 0.05) is 27.8 Å². The Morgan fingerprint density at radius 3 is 2.61 bits per heavy atom. The molecule has 0 radical (unpaired) electrons. The molecule has 23 heavy (non-hydrogen) atoms. The Balaban J connectivity index is 0.000000593. The maximum atomic E-state index is 8.94. The SMILES string of the molecule is CNc1cccc(Cl)c1COc1ccc(Br)cc1C.NNC=O. The lowest BCUT2D eigenvalue weighted by Crippen LogP contribution is -2.18. The normalized spacial score (nSPS) is 9.43. The van der Waals surface area contributed by atoms with Crippen LogP contribution in [0.4, 0.5) is 5.69 Å². The van der Waals surface area contributed by atoms with Crippen LogP contribution >= 0.6 is 27.5 Å². The first kappa shape index (κ1) is 19.3. The van der Waals surface area contributed by atoms with Crippen LogP contribution in [0.15, 0.2) is 40.9 Å². The van der Waals surface area contributed by atoms with Gasteiger partial charge in [-0.1, -0.05) is 33.6 Å². The number of hydrogen-bond acceptors (Lipinski definition) is 4. The summed E-state index contributed by atoms with van der Waals surface area (Å²) < 4.78 is 6.90. The van der Waals surface area contributed by atoms with Gasteiger partial charge < -0.3 is 10.1 Å². The van der Waals surface area contributed by atoms with Crippen molar-refractivity contribution in [1.82, 2.24) is 5.43 Å². The predicted molar refractivity (Wildman–Crippen MR) is 97.6 cm³/mol. The second kappa shape index (κ2) is 10.1. The third-order valence-corrected chi connectivity index (χ3v) is 3.81. The minimum Gasteiger partial charge on any atom is -0.488 e. The van der Waals surface area contributed by atoms with Crippen molar-refractivity contribution >= 4 is 39.6 Å². The Bertz CT molecular complexity index is 653. The fourth-order valence-corrected chi connectivity index (χ4v) is 2.57. The fraction of sp³-hybridized carbons (Fsp3) is 0.188. The van der Waals surface area contributed by atoms with Gasteiger partial charge in [-0.05, 0) is 42.8 Å². The molecule has 0 aromatic heterocycles. The number of rotatable bonds is 5. The van der Waals surface area contributed by atoms with E-state index in [1.54, 1.807) is 5.43 Å². The summed E-state index contributed by atoms with van der Waals surface area (Å²) in [6, 6.07) is 11.7. The van der Waals surface area contributed by atoms with E-state index in [1.165, 1.54) is 0 Å². The minimum atomic E-state index is 0.403. The van der Waals surface area contributed by atoms with Crippen LogP contribution in [0.5, 0.6) is 5.75 Å². The zero-order valence-electron chi connectivity index (χ0n) is 12.9. The van der Waals surface area contributed by atoms with E-state index in [0.29, 0.717) is 18.0 Å². The monoisotopic (exact) mass is 399 g/mol. The van der Waals surface area contributed by atoms with E-state index < -0.39 is 0 Å². The summed E-state index contributed by atoms with van der Waals surface area (Å²) in [4.78, 5) is 8.94. The largest absolute Gasteiger partial charge is 0.488 e. The highest BCUT2D eigenvalue weighted by Crippen LogP contribution is 2.28. The van der Waals surface area contributed by atoms with Crippen molar-refractivity contribution in [2.24, 2.45) is 5.84 Å². The van der Waals surface area contributed by atoms with Crippen molar-refractivity contribution in [2.75, 3.05) is 12.4 Å². The summed E-state index contributed by atoms with van der Waals surface area (Å²) in [6.07, 6.45) is 0.403. The van der Waals surface area contributed by atoms with Crippen LogP contribution in [0.3, 0.4) is 0 Å². The number of amides is 1. The van der Waals surface area contributed by atoms with E-state index >= 15 is 0 Å². The molecule has 0 saturated carbocycles. The van der Waals surface area contributed by atoms with Gasteiger partial charge in [0.25, 0.3) is 0 Å². The molecule has 0 unspecified atom stereocenters. The number of carbonyl (C=O) groups is 1. The standard InChI is InChI=1S/C15H15BrClNO.CH4N2O/c1-10-8-11(16)6-7-15(10)19-9-12-13(17)4-3-5-14(12)18-2;2-3-1-4/h3-8,18H,9H2,1-2H3;1H,2H2,(H,3,4). The van der Waals surface area contributed by atoms with Crippen molar-refractivity contribution in [2.45, 2.75) is 13.5 Å². The van der Waals surface area contributed by atoms with Crippen LogP contribution in [0.25, 0.3) is 0 Å². The quantitative estimate of drug-likeness (QED) is 0.310. The summed E-state index contributed by atoms with van der Waals surface area (Å²) in [5.74, 6) is 5.28. The highest BCUT2D eigenvalue weighted by atomic mass is 79.9. The van der Waals surface area contributed by atoms with Crippen LogP contribution in [-0.2, 0) is 11.4 Å². The van der Waals surface area contributed by atoms with E-state index in [4.69, 9.17) is 21.1 Å². The van der Waals surface area contributed by atoms with Gasteiger partial charge in [-0.2, -0.15) is 0 Å². The van der Waals surface area contributed by atoms with Gasteiger partial charge in [-0.15, -0.1) is 0 Å². The predicted octanol–water partition coefficient (Wildman–Crippen LogP) is 3.64. The van der Waals surface area contributed by atoms with Gasteiger partial charge in [-0.3, -0.25) is 10.2 Å². The van der Waals surface area contributed by atoms with E-state index in [2.05, 4.69) is 27.1 Å². The lowest BCUT2D eigenvalue weighted by Gasteiger charge is -2.14. The number of aryl methyl sites for hydroxylation is 1. The molecule has 7 heteroatoms. The zero-order valence-corrected chi connectivity index (χ0v) is 15.2. The van der Waals surface area contributed by atoms with Crippen molar-refractivity contribution in [3.8, 4) is 5.75 Å². The van der Waals surface area contributed by atoms with Gasteiger partial charge in [0.05, 0.1) is 0 Å². The van der Waals surface area contributed by atoms with Gasteiger partial charge in [0.2, 0.25) is 6.41 Å². The van der Waals surface area contributed by atoms with E-state index in [1.807, 2.05) is 50.4 Å². The van der Waals surface area contributed by atoms with Gasteiger partial charge in [-0.25, -0.2) is 5.84 Å². The Morgan fingerprint density at radius 2 is 2.04 bits per heavy atom. The number of carbonyl (C=O) groups excluding carboxylic acids is 1. The molecule has 2 rings (SSSR count). The molecule has 0 saturated heterocycles. The zero-order chi connectivity index (χ0) is 17.2. The molecule has 124 valence electrons. The Morgan fingerprint density at radius 1 is 1.35 bits per heavy atom. The number of anilines is 1. The number of benzene rings is 2. The van der Waals surface area contributed by atoms with Crippen molar-refractivity contribution in [3.63, 3.8) is 0 Å². The van der Waals surface area contributed by atoms with Gasteiger partial charge in [0.15, 0.2) is 0 Å². The molecular weight excluding hydrogens is 382 g/mol. The topological polar surface area (TPSA) is 76.4 Å². The second-order valence-corrected chi connectivity index (χ2v) is 5.82. The molecule has 0 heterocycles. The molecule has 1 amide bonds. The summed E-state index contributed by atoms with van der Waals surface area (Å²) in [5, 5.41) is 3.83. The average Bonchev–Trinajstić information content (AvgIpc) is 2.55. The van der Waals surface area contributed by atoms with Gasteiger partial charge >= 0.3 is 0 Å². The third kappa shape index (κ3) is 6.09. The van der Waals surface area contributed by atoms with E-state index in [-0.39, 0.29) is 0 Å². The second-order valence-electron chi connectivity index (χ2n) is 4.50. The highest BCUT2D eigenvalue weighted by molar-refractivity contribution is 9.10. The summed E-state index contributed by atoms with van der Waals surface area (Å²) in [7, 11) is 1.88. The number of halogens is 2. The van der Waals surface area contributed by atoms with Crippen LogP contribution in [0.1, 0.15) is 11.1 Å². The molecule has 2 aromatic carbocycles. The number of ether oxygens (including phenoxy) is 1. The maximum absolute atomic E-state index is 8.94. The van der Waals surface area contributed by atoms with E-state index in [0.717, 1.165) is 27.0 Å². The Kier molecular flexibility index (Phi) is 8.47. The lowest BCUT2D eigenvalue weighted by molar-refractivity contribution is -0.109. The molecule has 0 fully saturated rings. The summed E-state index contributed by atoms with van der Waals surface area (Å²) in [5.41, 5.74) is 4.80. The van der Waals surface area contributed by atoms with E-state index in [9.17, 15) is 0 Å². The Hall–Kier alpha value is -1.76. The molecule has 0 spiro atoms. The molecule has 0 bridgehead atoms. The van der Waals surface area contributed by atoms with Crippen LogP contribution in [0, 0.1) is 6.92 Å². The first-order chi connectivity index (χ1) is 11.0. The molecule has 0 aliphatic heterocycles. The number of nitrogens with two attached hydrogens (primary N) is 1. The third-order valence-electron chi connectivity index (χ3n) is 2.97. The van der Waals surface area contributed by atoms with Gasteiger partial charge in [0.1, 0.15) is 12.4 Å². The minimum absolute atomic E-state index is 0.403. The molecule has 0 aliphatic carbocycles. The molecular formula is C16H19BrClN3O2. The highest BCUT2D eigenvalue weighted by Gasteiger charge is 2.08. The van der Waals surface area contributed by atoms with Crippen molar-refractivity contribution < 1.29 is 9.53 Å².